The molecule has 0 radical (unpaired) electrons. The maximum atomic E-state index is 12.9. The second kappa shape index (κ2) is 8.31. The van der Waals surface area contributed by atoms with Gasteiger partial charge in [-0.3, -0.25) is 9.59 Å². The molecule has 1 amide bonds. The highest BCUT2D eigenvalue weighted by Gasteiger charge is 2.24. The molecule has 1 aliphatic carbocycles. The van der Waals surface area contributed by atoms with Crippen LogP contribution in [0.2, 0.25) is 0 Å². The highest BCUT2D eigenvalue weighted by Crippen LogP contribution is 2.34. The molecule has 0 aliphatic heterocycles. The third-order valence-corrected chi connectivity index (χ3v) is 5.02. The minimum Gasteiger partial charge on any atom is -0.497 e. The lowest BCUT2D eigenvalue weighted by atomic mass is 10.1. The molecule has 156 valence electrons. The zero-order valence-corrected chi connectivity index (χ0v) is 16.7. The van der Waals surface area contributed by atoms with Crippen molar-refractivity contribution in [3.05, 3.63) is 81.7 Å². The summed E-state index contributed by atoms with van der Waals surface area (Å²) in [7, 11) is 1.61. The summed E-state index contributed by atoms with van der Waals surface area (Å²) in [6, 6.07) is 12.3. The Morgan fingerprint density at radius 1 is 1.10 bits per heavy atom. The maximum Gasteiger partial charge on any atom is 0.328 e. The molecule has 0 spiro atoms. The van der Waals surface area contributed by atoms with Crippen LogP contribution in [0, 0.1) is 0 Å². The van der Waals surface area contributed by atoms with E-state index in [9.17, 15) is 14.4 Å². The molecule has 2 aromatic carbocycles. The molecule has 0 saturated carbocycles. The number of carboxylic acid groups (broad SMARTS) is 1. The Kier molecular flexibility index (Phi) is 5.41. The SMILES string of the molecule is COc1ccc(C=C2CCc3c2oc2cc(NC(=O)/C=C/C(=O)O)ccc2c3=O)cc1. The number of carbonyl (C=O) groups is 2. The van der Waals surface area contributed by atoms with Crippen molar-refractivity contribution < 1.29 is 23.8 Å². The lowest BCUT2D eigenvalue weighted by Crippen LogP contribution is -2.11. The lowest BCUT2D eigenvalue weighted by molar-refractivity contribution is -0.131. The van der Waals surface area contributed by atoms with E-state index < -0.39 is 11.9 Å². The zero-order valence-electron chi connectivity index (χ0n) is 16.7. The number of hydrogen-bond acceptors (Lipinski definition) is 5. The summed E-state index contributed by atoms with van der Waals surface area (Å²) < 4.78 is 11.3. The fourth-order valence-electron chi connectivity index (χ4n) is 3.54. The highest BCUT2D eigenvalue weighted by atomic mass is 16.5. The van der Waals surface area contributed by atoms with Gasteiger partial charge >= 0.3 is 5.97 Å². The maximum absolute atomic E-state index is 12.9. The van der Waals surface area contributed by atoms with Crippen LogP contribution in [0.4, 0.5) is 5.69 Å². The van der Waals surface area contributed by atoms with E-state index in [0.29, 0.717) is 40.8 Å². The van der Waals surface area contributed by atoms with Gasteiger partial charge in [0.15, 0.2) is 5.43 Å². The number of rotatable bonds is 5. The number of ether oxygens (including phenoxy) is 1. The fourth-order valence-corrected chi connectivity index (χ4v) is 3.54. The van der Waals surface area contributed by atoms with E-state index in [-0.39, 0.29) is 5.43 Å². The third kappa shape index (κ3) is 4.25. The summed E-state index contributed by atoms with van der Waals surface area (Å²) in [4.78, 5) is 35.3. The molecular weight excluding hydrogens is 398 g/mol. The Hall–Kier alpha value is -4.13. The zero-order chi connectivity index (χ0) is 22.0. The number of methoxy groups -OCH3 is 1. The molecule has 2 N–H and O–H groups in total. The number of benzene rings is 2. The quantitative estimate of drug-likeness (QED) is 0.611. The second-order valence-electron chi connectivity index (χ2n) is 7.05. The molecule has 7 nitrogen and oxygen atoms in total. The summed E-state index contributed by atoms with van der Waals surface area (Å²) in [6.07, 6.45) is 4.96. The monoisotopic (exact) mass is 417 g/mol. The van der Waals surface area contributed by atoms with E-state index >= 15 is 0 Å². The first kappa shape index (κ1) is 20.2. The molecule has 1 aromatic heterocycles. The molecule has 31 heavy (non-hydrogen) atoms. The first-order valence-electron chi connectivity index (χ1n) is 9.61. The number of allylic oxidation sites excluding steroid dienone is 1. The van der Waals surface area contributed by atoms with Crippen LogP contribution in [-0.4, -0.2) is 24.1 Å². The van der Waals surface area contributed by atoms with Crippen molar-refractivity contribution >= 4 is 40.2 Å². The number of amides is 1. The molecule has 4 rings (SSSR count). The van der Waals surface area contributed by atoms with Gasteiger partial charge in [-0.25, -0.2) is 4.79 Å². The molecule has 0 atom stereocenters. The molecular formula is C24H19NO6. The van der Waals surface area contributed by atoms with E-state index in [2.05, 4.69) is 5.32 Å². The highest BCUT2D eigenvalue weighted by molar-refractivity contribution is 6.03. The van der Waals surface area contributed by atoms with Crippen molar-refractivity contribution in [1.82, 2.24) is 0 Å². The topological polar surface area (TPSA) is 106 Å². The Morgan fingerprint density at radius 3 is 2.58 bits per heavy atom. The Labute approximate surface area is 177 Å². The Balaban J connectivity index is 1.69. The molecule has 1 heterocycles. The largest absolute Gasteiger partial charge is 0.497 e. The van der Waals surface area contributed by atoms with Gasteiger partial charge in [0.1, 0.15) is 17.1 Å². The van der Waals surface area contributed by atoms with E-state index in [1.54, 1.807) is 25.3 Å². The molecule has 0 bridgehead atoms. The average Bonchev–Trinajstić information content (AvgIpc) is 3.15. The van der Waals surface area contributed by atoms with Crippen molar-refractivity contribution in [2.75, 3.05) is 12.4 Å². The van der Waals surface area contributed by atoms with Crippen molar-refractivity contribution in [1.29, 1.82) is 0 Å². The van der Waals surface area contributed by atoms with E-state index in [4.69, 9.17) is 14.3 Å². The number of nitrogens with one attached hydrogen (secondary N) is 1. The number of aliphatic carboxylic acids is 1. The van der Waals surface area contributed by atoms with E-state index in [1.165, 1.54) is 0 Å². The van der Waals surface area contributed by atoms with Crippen molar-refractivity contribution in [3.63, 3.8) is 0 Å². The summed E-state index contributed by atoms with van der Waals surface area (Å²) in [5.74, 6) is -0.487. The fraction of sp³-hybridized carbons (Fsp3) is 0.125. The van der Waals surface area contributed by atoms with Gasteiger partial charge in [0.25, 0.3) is 0 Å². The van der Waals surface area contributed by atoms with Gasteiger partial charge in [-0.1, -0.05) is 12.1 Å². The first-order valence-corrected chi connectivity index (χ1v) is 9.61. The van der Waals surface area contributed by atoms with E-state index in [1.807, 2.05) is 30.3 Å². The normalized spacial score (nSPS) is 14.2. The van der Waals surface area contributed by atoms with Gasteiger partial charge in [-0.15, -0.1) is 0 Å². The average molecular weight is 417 g/mol. The van der Waals surface area contributed by atoms with Crippen LogP contribution < -0.4 is 15.5 Å². The van der Waals surface area contributed by atoms with E-state index in [0.717, 1.165) is 29.0 Å². The van der Waals surface area contributed by atoms with Crippen LogP contribution in [0.15, 0.2) is 63.8 Å². The predicted octanol–water partition coefficient (Wildman–Crippen LogP) is 3.87. The van der Waals surface area contributed by atoms with Crippen molar-refractivity contribution in [2.24, 2.45) is 0 Å². The van der Waals surface area contributed by atoms with Gasteiger partial charge in [0, 0.05) is 29.5 Å². The van der Waals surface area contributed by atoms with Crippen LogP contribution in [0.25, 0.3) is 22.6 Å². The first-order chi connectivity index (χ1) is 14.9. The van der Waals surface area contributed by atoms with Gasteiger partial charge in [-0.05, 0) is 54.3 Å². The number of fused-ring (bicyclic) bond motifs is 2. The summed E-state index contributed by atoms with van der Waals surface area (Å²) in [5, 5.41) is 11.6. The summed E-state index contributed by atoms with van der Waals surface area (Å²) >= 11 is 0. The number of carboxylic acids is 1. The van der Waals surface area contributed by atoms with Crippen LogP contribution in [0.3, 0.4) is 0 Å². The van der Waals surface area contributed by atoms with Crippen LogP contribution >= 0.6 is 0 Å². The smallest absolute Gasteiger partial charge is 0.328 e. The molecule has 3 aromatic rings. The van der Waals surface area contributed by atoms with Crippen LogP contribution in [-0.2, 0) is 16.0 Å². The minimum absolute atomic E-state index is 0.0852. The molecule has 1 aliphatic rings. The third-order valence-electron chi connectivity index (χ3n) is 5.02. The lowest BCUT2D eigenvalue weighted by Gasteiger charge is -2.07. The predicted molar refractivity (Wildman–Crippen MR) is 117 cm³/mol. The Bertz CT molecular complexity index is 1300. The van der Waals surface area contributed by atoms with Gasteiger partial charge < -0.3 is 19.6 Å². The van der Waals surface area contributed by atoms with Gasteiger partial charge in [0.05, 0.1) is 12.5 Å². The summed E-state index contributed by atoms with van der Waals surface area (Å²) in [6.45, 7) is 0. The standard InChI is InChI=1S/C24H19NO6/c1-30-17-6-2-14(3-7-17)12-15-4-8-19-23(29)18-9-5-16(13-20(18)31-24(15)19)25-21(26)10-11-22(27)28/h2-3,5-7,9-13H,4,8H2,1H3,(H,25,26)(H,27,28)/b11-10+,15-12?. The molecule has 7 heteroatoms. The molecule has 0 unspecified atom stereocenters. The van der Waals surface area contributed by atoms with Crippen molar-refractivity contribution in [2.45, 2.75) is 12.8 Å². The van der Waals surface area contributed by atoms with Gasteiger partial charge in [0.2, 0.25) is 5.91 Å². The van der Waals surface area contributed by atoms with Gasteiger partial charge in [-0.2, -0.15) is 0 Å². The number of carbonyl (C=O) groups excluding carboxylic acids is 1. The van der Waals surface area contributed by atoms with Crippen LogP contribution in [0.5, 0.6) is 5.75 Å². The Morgan fingerprint density at radius 2 is 1.87 bits per heavy atom. The molecule has 0 saturated heterocycles. The number of anilines is 1. The van der Waals surface area contributed by atoms with Crippen LogP contribution in [0.1, 0.15) is 23.3 Å². The molecule has 0 fully saturated rings. The van der Waals surface area contributed by atoms with Crippen molar-refractivity contribution in [3.8, 4) is 5.75 Å². The number of hydrogen-bond donors (Lipinski definition) is 2. The summed E-state index contributed by atoms with van der Waals surface area (Å²) in [5.41, 5.74) is 3.21. The minimum atomic E-state index is -1.22. The second-order valence-corrected chi connectivity index (χ2v) is 7.05.